The zero-order chi connectivity index (χ0) is 22.5. The van der Waals surface area contributed by atoms with Gasteiger partial charge < -0.3 is 10.2 Å². The number of carbonyl (C=O) groups is 2. The third-order valence-corrected chi connectivity index (χ3v) is 5.57. The quantitative estimate of drug-likeness (QED) is 0.655. The molecule has 4 heterocycles. The third-order valence-electron chi connectivity index (χ3n) is 5.57. The molecule has 2 aromatic heterocycles. The first kappa shape index (κ1) is 21.9. The van der Waals surface area contributed by atoms with Crippen LogP contribution in [-0.2, 0) is 11.3 Å². The van der Waals surface area contributed by atoms with Crippen molar-refractivity contribution in [1.82, 2.24) is 25.2 Å². The Labute approximate surface area is 188 Å². The summed E-state index contributed by atoms with van der Waals surface area (Å²) in [6.45, 7) is 6.33. The van der Waals surface area contributed by atoms with Crippen LogP contribution in [-0.4, -0.2) is 71.1 Å². The Morgan fingerprint density at radius 1 is 1.19 bits per heavy atom. The standard InChI is InChI=1S/C21H27FN8O2.2H2/c1-2-23-21(32)26-17-12-15(24-14-25-17)13-28-8-10-29(11-9-28)16-5-6-18(27-20(16)22)30-7-3-4-19(30)31;;/h5-6,12,14H,2-4,7-11,13H2,1H3,(H2,23,24,25,26,32);2*1H. The van der Waals surface area contributed by atoms with Crippen LogP contribution in [0.15, 0.2) is 24.5 Å². The predicted octanol–water partition coefficient (Wildman–Crippen LogP) is 2.09. The Bertz CT molecular complexity index is 991. The summed E-state index contributed by atoms with van der Waals surface area (Å²) < 4.78 is 14.7. The highest BCUT2D eigenvalue weighted by Gasteiger charge is 2.25. The van der Waals surface area contributed by atoms with Gasteiger partial charge in [-0.3, -0.25) is 19.9 Å². The fourth-order valence-corrected chi connectivity index (χ4v) is 3.94. The molecule has 0 unspecified atom stereocenters. The fourth-order valence-electron chi connectivity index (χ4n) is 3.94. The minimum absolute atomic E-state index is 0. The zero-order valence-corrected chi connectivity index (χ0v) is 18.1. The van der Waals surface area contributed by atoms with Crippen molar-refractivity contribution in [1.29, 1.82) is 0 Å². The van der Waals surface area contributed by atoms with Gasteiger partial charge in [-0.2, -0.15) is 4.39 Å². The summed E-state index contributed by atoms with van der Waals surface area (Å²) in [5, 5.41) is 5.34. The lowest BCUT2D eigenvalue weighted by atomic mass is 10.2. The van der Waals surface area contributed by atoms with Crippen molar-refractivity contribution < 1.29 is 16.8 Å². The average Bonchev–Trinajstić information content (AvgIpc) is 3.21. The van der Waals surface area contributed by atoms with E-state index in [0.29, 0.717) is 56.5 Å². The minimum atomic E-state index is -0.549. The van der Waals surface area contributed by atoms with Gasteiger partial charge in [0.25, 0.3) is 0 Å². The highest BCUT2D eigenvalue weighted by molar-refractivity contribution is 5.94. The van der Waals surface area contributed by atoms with Gasteiger partial charge in [-0.15, -0.1) is 0 Å². The molecule has 4 rings (SSSR count). The molecule has 2 saturated heterocycles. The Hall–Kier alpha value is -3.34. The van der Waals surface area contributed by atoms with Crippen molar-refractivity contribution in [2.24, 2.45) is 0 Å². The van der Waals surface area contributed by atoms with Gasteiger partial charge in [-0.05, 0) is 25.5 Å². The van der Waals surface area contributed by atoms with Crippen LogP contribution in [0.3, 0.4) is 0 Å². The molecule has 0 saturated carbocycles. The first-order valence-corrected chi connectivity index (χ1v) is 10.8. The number of urea groups is 1. The first-order valence-electron chi connectivity index (χ1n) is 10.8. The van der Waals surface area contributed by atoms with Crippen LogP contribution in [0.25, 0.3) is 0 Å². The van der Waals surface area contributed by atoms with Crippen molar-refractivity contribution in [3.63, 3.8) is 0 Å². The van der Waals surface area contributed by atoms with Crippen molar-refractivity contribution in [2.45, 2.75) is 26.3 Å². The second kappa shape index (κ2) is 9.86. The molecule has 11 heteroatoms. The van der Waals surface area contributed by atoms with Crippen LogP contribution in [0.2, 0.25) is 0 Å². The number of nitrogens with zero attached hydrogens (tertiary/aromatic N) is 6. The monoisotopic (exact) mass is 446 g/mol. The molecule has 0 aromatic carbocycles. The summed E-state index contributed by atoms with van der Waals surface area (Å²) in [7, 11) is 0. The van der Waals surface area contributed by atoms with Crippen LogP contribution >= 0.6 is 0 Å². The summed E-state index contributed by atoms with van der Waals surface area (Å²) in [6, 6.07) is 4.88. The molecule has 3 amide bonds. The molecule has 174 valence electrons. The first-order chi connectivity index (χ1) is 15.5. The van der Waals surface area contributed by atoms with Gasteiger partial charge in [-0.1, -0.05) is 0 Å². The molecular formula is C21H31FN8O2. The maximum absolute atomic E-state index is 14.7. The number of nitrogens with one attached hydrogen (secondary N) is 2. The van der Waals surface area contributed by atoms with E-state index in [-0.39, 0.29) is 14.8 Å². The van der Waals surface area contributed by atoms with Gasteiger partial charge >= 0.3 is 6.03 Å². The molecule has 2 aliphatic heterocycles. The van der Waals surface area contributed by atoms with Gasteiger partial charge in [0.15, 0.2) is 0 Å². The van der Waals surface area contributed by atoms with Gasteiger partial charge in [0.2, 0.25) is 11.9 Å². The minimum Gasteiger partial charge on any atom is -0.365 e. The highest BCUT2D eigenvalue weighted by atomic mass is 19.1. The molecule has 2 N–H and O–H groups in total. The summed E-state index contributed by atoms with van der Waals surface area (Å²) in [6.07, 6.45) is 2.70. The highest BCUT2D eigenvalue weighted by Crippen LogP contribution is 2.25. The summed E-state index contributed by atoms with van der Waals surface area (Å²) in [5.74, 6) is 0.275. The molecule has 0 atom stereocenters. The summed E-state index contributed by atoms with van der Waals surface area (Å²) >= 11 is 0. The van der Waals surface area contributed by atoms with Crippen LogP contribution in [0.4, 0.5) is 26.5 Å². The molecule has 0 aliphatic carbocycles. The number of hydrogen-bond acceptors (Lipinski definition) is 7. The van der Waals surface area contributed by atoms with Crippen molar-refractivity contribution in [3.05, 3.63) is 36.2 Å². The second-order valence-corrected chi connectivity index (χ2v) is 7.77. The number of hydrogen-bond donors (Lipinski definition) is 2. The van der Waals surface area contributed by atoms with Crippen LogP contribution in [0, 0.1) is 5.95 Å². The number of piperazine rings is 1. The molecule has 2 aromatic rings. The lowest BCUT2D eigenvalue weighted by Gasteiger charge is -2.36. The Morgan fingerprint density at radius 3 is 2.69 bits per heavy atom. The van der Waals surface area contributed by atoms with Crippen molar-refractivity contribution in [3.8, 4) is 0 Å². The SMILES string of the molecule is CCNC(=O)Nc1cc(CN2CCN(c3ccc(N4CCCC4=O)nc3F)CC2)ncn1.[HH].[HH]. The fraction of sp³-hybridized carbons (Fsp3) is 0.476. The number of halogens is 1. The number of rotatable bonds is 6. The van der Waals surface area contributed by atoms with E-state index in [4.69, 9.17) is 0 Å². The summed E-state index contributed by atoms with van der Waals surface area (Å²) in [5.41, 5.74) is 1.25. The van der Waals surface area contributed by atoms with E-state index in [1.807, 2.05) is 11.8 Å². The predicted molar refractivity (Wildman–Crippen MR) is 122 cm³/mol. The topological polar surface area (TPSA) is 107 Å². The number of pyridine rings is 1. The van der Waals surface area contributed by atoms with Gasteiger partial charge in [0, 0.05) is 61.2 Å². The number of amides is 3. The van der Waals surface area contributed by atoms with Crippen LogP contribution < -0.4 is 20.4 Å². The van der Waals surface area contributed by atoms with E-state index >= 15 is 0 Å². The molecule has 0 bridgehead atoms. The summed E-state index contributed by atoms with van der Waals surface area (Å²) in [4.78, 5) is 41.7. The van der Waals surface area contributed by atoms with E-state index in [9.17, 15) is 14.0 Å². The number of carbonyl (C=O) groups excluding carboxylic acids is 2. The maximum Gasteiger partial charge on any atom is 0.320 e. The number of anilines is 3. The lowest BCUT2D eigenvalue weighted by Crippen LogP contribution is -2.46. The van der Waals surface area contributed by atoms with E-state index in [0.717, 1.165) is 25.2 Å². The second-order valence-electron chi connectivity index (χ2n) is 7.77. The molecule has 2 fully saturated rings. The average molecular weight is 447 g/mol. The smallest absolute Gasteiger partial charge is 0.320 e. The van der Waals surface area contributed by atoms with Gasteiger partial charge in [0.05, 0.1) is 11.4 Å². The normalized spacial score (nSPS) is 17.0. The zero-order valence-electron chi connectivity index (χ0n) is 18.1. The number of aromatic nitrogens is 3. The van der Waals surface area contributed by atoms with Crippen molar-refractivity contribution in [2.75, 3.05) is 54.4 Å². The van der Waals surface area contributed by atoms with E-state index < -0.39 is 5.95 Å². The van der Waals surface area contributed by atoms with Crippen LogP contribution in [0.5, 0.6) is 0 Å². The molecule has 2 aliphatic rings. The molecule has 10 nitrogen and oxygen atoms in total. The molecular weight excluding hydrogens is 415 g/mol. The van der Waals surface area contributed by atoms with E-state index in [1.54, 1.807) is 23.1 Å². The third kappa shape index (κ3) is 5.10. The molecule has 0 radical (unpaired) electrons. The maximum atomic E-state index is 14.7. The van der Waals surface area contributed by atoms with Crippen LogP contribution in [0.1, 0.15) is 28.3 Å². The lowest BCUT2D eigenvalue weighted by molar-refractivity contribution is -0.117. The van der Waals surface area contributed by atoms with Gasteiger partial charge in [-0.25, -0.2) is 19.7 Å². The Morgan fingerprint density at radius 2 is 2.00 bits per heavy atom. The molecule has 0 spiro atoms. The largest absolute Gasteiger partial charge is 0.365 e. The molecule has 32 heavy (non-hydrogen) atoms. The van der Waals surface area contributed by atoms with E-state index in [1.165, 1.54) is 6.33 Å². The Kier molecular flexibility index (Phi) is 6.74. The van der Waals surface area contributed by atoms with E-state index in [2.05, 4.69) is 30.5 Å². The Balaban J connectivity index is 0.00000204. The van der Waals surface area contributed by atoms with Gasteiger partial charge in [0.1, 0.15) is 18.0 Å². The van der Waals surface area contributed by atoms with Crippen molar-refractivity contribution >= 4 is 29.3 Å².